The number of anilines is 1. The molecule has 6 rings (SSSR count). The molecule has 0 atom stereocenters. The van der Waals surface area contributed by atoms with Gasteiger partial charge in [0, 0.05) is 17.3 Å². The summed E-state index contributed by atoms with van der Waals surface area (Å²) in [5.41, 5.74) is 1.78. The van der Waals surface area contributed by atoms with Gasteiger partial charge in [-0.05, 0) is 86.8 Å². The Kier molecular flexibility index (Phi) is 4.14. The third-order valence-electron chi connectivity index (χ3n) is 6.94. The first kappa shape index (κ1) is 17.1. The molecule has 3 amide bonds. The van der Waals surface area contributed by atoms with Crippen LogP contribution in [-0.4, -0.2) is 23.5 Å². The van der Waals surface area contributed by atoms with Gasteiger partial charge in [0.05, 0.1) is 6.42 Å². The molecule has 5 heteroatoms. The summed E-state index contributed by atoms with van der Waals surface area (Å²) >= 11 is 0. The van der Waals surface area contributed by atoms with Gasteiger partial charge in [-0.15, -0.1) is 0 Å². The van der Waals surface area contributed by atoms with Crippen molar-refractivity contribution < 1.29 is 9.59 Å². The van der Waals surface area contributed by atoms with Crippen molar-refractivity contribution in [2.45, 2.75) is 69.4 Å². The van der Waals surface area contributed by atoms with Gasteiger partial charge in [-0.2, -0.15) is 0 Å². The maximum absolute atomic E-state index is 12.6. The molecule has 0 aliphatic heterocycles. The average molecular weight is 367 g/mol. The minimum atomic E-state index is -0.0869. The first-order valence-electron chi connectivity index (χ1n) is 10.5. The monoisotopic (exact) mass is 367 g/mol. The minimum Gasteiger partial charge on any atom is -0.353 e. The predicted molar refractivity (Wildman–Crippen MR) is 104 cm³/mol. The van der Waals surface area contributed by atoms with Crippen molar-refractivity contribution in [2.75, 3.05) is 5.32 Å². The molecule has 1 aromatic carbocycles. The molecule has 5 nitrogen and oxygen atoms in total. The SMILES string of the molecule is O=C(Cc1ccc(NC(=O)NC23CC4CC(CC(C4)C2)C3)cc1)NC1CC1. The minimum absolute atomic E-state index is 0.0275. The zero-order valence-electron chi connectivity index (χ0n) is 15.8. The second-order valence-corrected chi connectivity index (χ2v) is 9.49. The van der Waals surface area contributed by atoms with Crippen molar-refractivity contribution in [3.63, 3.8) is 0 Å². The van der Waals surface area contributed by atoms with Gasteiger partial charge in [-0.25, -0.2) is 4.79 Å². The van der Waals surface area contributed by atoms with Gasteiger partial charge in [0.2, 0.25) is 5.91 Å². The first-order chi connectivity index (χ1) is 13.1. The summed E-state index contributed by atoms with van der Waals surface area (Å²) in [5, 5.41) is 9.33. The van der Waals surface area contributed by atoms with Gasteiger partial charge < -0.3 is 16.0 Å². The molecule has 0 heterocycles. The maximum atomic E-state index is 12.6. The number of rotatable bonds is 5. The van der Waals surface area contributed by atoms with Gasteiger partial charge in [0.1, 0.15) is 0 Å². The molecule has 27 heavy (non-hydrogen) atoms. The van der Waals surface area contributed by atoms with Crippen LogP contribution in [0.2, 0.25) is 0 Å². The van der Waals surface area contributed by atoms with Gasteiger partial charge in [0.25, 0.3) is 0 Å². The molecule has 0 radical (unpaired) electrons. The summed E-state index contributed by atoms with van der Waals surface area (Å²) in [6, 6.07) is 7.93. The third kappa shape index (κ3) is 3.83. The number of benzene rings is 1. The van der Waals surface area contributed by atoms with Crippen LogP contribution < -0.4 is 16.0 Å². The zero-order chi connectivity index (χ0) is 18.4. The van der Waals surface area contributed by atoms with E-state index in [9.17, 15) is 9.59 Å². The van der Waals surface area contributed by atoms with E-state index in [4.69, 9.17) is 0 Å². The van der Waals surface area contributed by atoms with E-state index in [0.717, 1.165) is 61.1 Å². The lowest BCUT2D eigenvalue weighted by Crippen LogP contribution is -2.60. The zero-order valence-corrected chi connectivity index (χ0v) is 15.8. The molecule has 4 bridgehead atoms. The molecule has 0 aromatic heterocycles. The van der Waals surface area contributed by atoms with Gasteiger partial charge >= 0.3 is 6.03 Å². The molecule has 0 saturated heterocycles. The van der Waals surface area contributed by atoms with E-state index in [-0.39, 0.29) is 17.5 Å². The van der Waals surface area contributed by atoms with E-state index >= 15 is 0 Å². The van der Waals surface area contributed by atoms with Crippen LogP contribution in [0, 0.1) is 17.8 Å². The molecular formula is C22H29N3O2. The summed E-state index contributed by atoms with van der Waals surface area (Å²) in [7, 11) is 0. The summed E-state index contributed by atoms with van der Waals surface area (Å²) in [4.78, 5) is 24.5. The Hall–Kier alpha value is -2.04. The summed E-state index contributed by atoms with van der Waals surface area (Å²) in [6.07, 6.45) is 10.2. The Labute approximate surface area is 160 Å². The van der Waals surface area contributed by atoms with Crippen molar-refractivity contribution in [2.24, 2.45) is 17.8 Å². The highest BCUT2D eigenvalue weighted by atomic mass is 16.2. The molecule has 5 aliphatic carbocycles. The molecule has 5 aliphatic rings. The Bertz CT molecular complexity index is 703. The number of hydrogen-bond acceptors (Lipinski definition) is 2. The van der Waals surface area contributed by atoms with Gasteiger partial charge in [-0.1, -0.05) is 12.1 Å². The normalized spacial score (nSPS) is 33.6. The number of hydrogen-bond donors (Lipinski definition) is 3. The van der Waals surface area contributed by atoms with E-state index in [0.29, 0.717) is 12.5 Å². The van der Waals surface area contributed by atoms with E-state index < -0.39 is 0 Å². The number of carbonyl (C=O) groups excluding carboxylic acids is 2. The third-order valence-corrected chi connectivity index (χ3v) is 6.94. The van der Waals surface area contributed by atoms with Crippen LogP contribution in [0.3, 0.4) is 0 Å². The van der Waals surface area contributed by atoms with E-state index in [1.54, 1.807) is 0 Å². The van der Waals surface area contributed by atoms with Crippen LogP contribution in [0.4, 0.5) is 10.5 Å². The molecule has 0 unspecified atom stereocenters. The highest BCUT2D eigenvalue weighted by Gasteiger charge is 2.51. The highest BCUT2D eigenvalue weighted by Crippen LogP contribution is 2.55. The van der Waals surface area contributed by atoms with Crippen molar-refractivity contribution in [3.8, 4) is 0 Å². The number of amides is 3. The van der Waals surface area contributed by atoms with Crippen LogP contribution in [0.15, 0.2) is 24.3 Å². The first-order valence-corrected chi connectivity index (χ1v) is 10.5. The Morgan fingerprint density at radius 1 is 0.926 bits per heavy atom. The lowest BCUT2D eigenvalue weighted by Gasteiger charge is -2.56. The van der Waals surface area contributed by atoms with Gasteiger partial charge in [-0.3, -0.25) is 4.79 Å². The number of nitrogens with one attached hydrogen (secondary N) is 3. The van der Waals surface area contributed by atoms with Crippen molar-refractivity contribution >= 4 is 17.6 Å². The van der Waals surface area contributed by atoms with Crippen molar-refractivity contribution in [3.05, 3.63) is 29.8 Å². The van der Waals surface area contributed by atoms with Crippen LogP contribution in [0.5, 0.6) is 0 Å². The fourth-order valence-corrected chi connectivity index (χ4v) is 6.06. The van der Waals surface area contributed by atoms with Crippen LogP contribution >= 0.6 is 0 Å². The molecular weight excluding hydrogens is 338 g/mol. The van der Waals surface area contributed by atoms with Crippen molar-refractivity contribution in [1.82, 2.24) is 10.6 Å². The van der Waals surface area contributed by atoms with E-state index in [1.807, 2.05) is 24.3 Å². The second kappa shape index (κ2) is 6.54. The lowest BCUT2D eigenvalue weighted by molar-refractivity contribution is -0.120. The Morgan fingerprint density at radius 2 is 1.52 bits per heavy atom. The molecule has 5 fully saturated rings. The lowest BCUT2D eigenvalue weighted by atomic mass is 9.53. The van der Waals surface area contributed by atoms with Crippen molar-refractivity contribution in [1.29, 1.82) is 0 Å². The number of urea groups is 1. The highest BCUT2D eigenvalue weighted by molar-refractivity contribution is 5.90. The smallest absolute Gasteiger partial charge is 0.319 e. The predicted octanol–water partition coefficient (Wildman–Crippen LogP) is 3.60. The Morgan fingerprint density at radius 3 is 2.07 bits per heavy atom. The summed E-state index contributed by atoms with van der Waals surface area (Å²) < 4.78 is 0. The quantitative estimate of drug-likeness (QED) is 0.744. The summed E-state index contributed by atoms with van der Waals surface area (Å²) in [6.45, 7) is 0. The van der Waals surface area contributed by atoms with Crippen LogP contribution in [0.1, 0.15) is 56.9 Å². The molecule has 5 saturated carbocycles. The standard InChI is InChI=1S/C22H29N3O2/c26-20(23-18-5-6-18)10-14-1-3-19(4-2-14)24-21(27)25-22-11-15-7-16(12-22)9-17(8-15)13-22/h1-4,15-18H,5-13H2,(H,23,26)(H2,24,25,27). The van der Waals surface area contributed by atoms with Crippen LogP contribution in [0.25, 0.3) is 0 Å². The molecule has 3 N–H and O–H groups in total. The van der Waals surface area contributed by atoms with Gasteiger partial charge in [0.15, 0.2) is 0 Å². The van der Waals surface area contributed by atoms with E-state index in [2.05, 4.69) is 16.0 Å². The fraction of sp³-hybridized carbons (Fsp3) is 0.636. The average Bonchev–Trinajstić information content (AvgIpc) is 3.38. The molecule has 0 spiro atoms. The number of carbonyl (C=O) groups is 2. The topological polar surface area (TPSA) is 70.2 Å². The molecule has 144 valence electrons. The maximum Gasteiger partial charge on any atom is 0.319 e. The largest absolute Gasteiger partial charge is 0.353 e. The fourth-order valence-electron chi connectivity index (χ4n) is 6.06. The van der Waals surface area contributed by atoms with Crippen LogP contribution in [-0.2, 0) is 11.2 Å². The second-order valence-electron chi connectivity index (χ2n) is 9.49. The Balaban J connectivity index is 1.16. The summed E-state index contributed by atoms with van der Waals surface area (Å²) in [5.74, 6) is 2.53. The molecule has 1 aromatic rings. The van der Waals surface area contributed by atoms with E-state index in [1.165, 1.54) is 19.3 Å².